The van der Waals surface area contributed by atoms with Gasteiger partial charge < -0.3 is 0 Å². The molecule has 1 nitrogen and oxygen atoms in total. The van der Waals surface area contributed by atoms with E-state index < -0.39 is 0 Å². The maximum absolute atomic E-state index is 8.25. The molecule has 2 heteroatoms. The molecule has 80 valence electrons. The first-order chi connectivity index (χ1) is 6.91. The fourth-order valence-electron chi connectivity index (χ4n) is 1.37. The Morgan fingerprint density at radius 3 is 2.36 bits per heavy atom. The molecule has 0 saturated heterocycles. The minimum Gasteiger partial charge on any atom is -0.185 e. The van der Waals surface area contributed by atoms with E-state index in [4.69, 9.17) is 5.26 Å². The van der Waals surface area contributed by atoms with Crippen LogP contribution in [0.2, 0.25) is 0 Å². The van der Waals surface area contributed by atoms with E-state index >= 15 is 0 Å². The summed E-state index contributed by atoms with van der Waals surface area (Å²) in [5.74, 6) is 0. The van der Waals surface area contributed by atoms with Crippen LogP contribution in [0.25, 0.3) is 0 Å². The van der Waals surface area contributed by atoms with Crippen LogP contribution in [-0.2, 0) is 0 Å². The van der Waals surface area contributed by atoms with Crippen molar-refractivity contribution in [3.8, 4) is 5.40 Å². The topological polar surface area (TPSA) is 23.8 Å². The zero-order valence-corrected chi connectivity index (χ0v) is 9.98. The van der Waals surface area contributed by atoms with Crippen molar-refractivity contribution < 1.29 is 0 Å². The Bertz CT molecular complexity index is 170. The number of hydrogen-bond donors (Lipinski definition) is 0. The zero-order valence-electron chi connectivity index (χ0n) is 9.17. The molecule has 0 bridgehead atoms. The number of unbranched alkanes of at least 4 members (excludes halogenated alkanes) is 7. The van der Waals surface area contributed by atoms with Crippen LogP contribution in [0.15, 0.2) is 11.5 Å². The minimum atomic E-state index is 1.13. The Hall–Kier alpha value is -0.420. The molecule has 0 aromatic heterocycles. The van der Waals surface area contributed by atoms with Crippen LogP contribution in [0.5, 0.6) is 0 Å². The SMILES string of the molecule is CCCCCCCCCC=CSC#N. The van der Waals surface area contributed by atoms with Crippen molar-refractivity contribution in [3.63, 3.8) is 0 Å². The summed E-state index contributed by atoms with van der Waals surface area (Å²) in [6.45, 7) is 2.25. The molecule has 0 aliphatic rings. The van der Waals surface area contributed by atoms with Gasteiger partial charge in [-0.05, 0) is 30.0 Å². The van der Waals surface area contributed by atoms with Crippen molar-refractivity contribution in [3.05, 3.63) is 11.5 Å². The molecule has 0 saturated carbocycles. The molecule has 0 amide bonds. The third-order valence-corrected chi connectivity index (χ3v) is 2.63. The van der Waals surface area contributed by atoms with Crippen LogP contribution in [-0.4, -0.2) is 0 Å². The maximum Gasteiger partial charge on any atom is 0.137 e. The van der Waals surface area contributed by atoms with Gasteiger partial charge in [0.15, 0.2) is 0 Å². The third kappa shape index (κ3) is 11.6. The van der Waals surface area contributed by atoms with E-state index in [1.54, 1.807) is 0 Å². The fraction of sp³-hybridized carbons (Fsp3) is 0.750. The average Bonchev–Trinajstić information content (AvgIpc) is 2.21. The molecule has 0 spiro atoms. The predicted octanol–water partition coefficient (Wildman–Crippen LogP) is 4.86. The molecular weight excluding hydrogens is 190 g/mol. The summed E-state index contributed by atoms with van der Waals surface area (Å²) in [4.78, 5) is 0. The van der Waals surface area contributed by atoms with Gasteiger partial charge in [-0.25, -0.2) is 0 Å². The molecule has 0 fully saturated rings. The van der Waals surface area contributed by atoms with Crippen LogP contribution < -0.4 is 0 Å². The lowest BCUT2D eigenvalue weighted by molar-refractivity contribution is 0.592. The molecule has 0 heterocycles. The molecule has 0 atom stereocenters. The second kappa shape index (κ2) is 12.6. The van der Waals surface area contributed by atoms with Gasteiger partial charge >= 0.3 is 0 Å². The number of nitriles is 1. The van der Waals surface area contributed by atoms with Gasteiger partial charge in [0, 0.05) is 0 Å². The zero-order chi connectivity index (χ0) is 10.5. The lowest BCUT2D eigenvalue weighted by Crippen LogP contribution is -1.78. The lowest BCUT2D eigenvalue weighted by Gasteiger charge is -1.98. The quantitative estimate of drug-likeness (QED) is 0.402. The van der Waals surface area contributed by atoms with E-state index in [0.29, 0.717) is 0 Å². The van der Waals surface area contributed by atoms with Crippen molar-refractivity contribution in [2.24, 2.45) is 0 Å². The molecule has 0 N–H and O–H groups in total. The third-order valence-electron chi connectivity index (χ3n) is 2.19. The number of nitrogens with zero attached hydrogens (tertiary/aromatic N) is 1. The Labute approximate surface area is 92.6 Å². The largest absolute Gasteiger partial charge is 0.185 e. The van der Waals surface area contributed by atoms with Crippen LogP contribution in [0, 0.1) is 10.7 Å². The van der Waals surface area contributed by atoms with Crippen LogP contribution in [0.1, 0.15) is 58.3 Å². The van der Waals surface area contributed by atoms with Gasteiger partial charge in [-0.15, -0.1) is 0 Å². The normalized spacial score (nSPS) is 10.6. The molecule has 0 unspecified atom stereocenters. The molecule has 0 aliphatic heterocycles. The van der Waals surface area contributed by atoms with Crippen molar-refractivity contribution >= 4 is 11.8 Å². The Morgan fingerprint density at radius 1 is 1.07 bits per heavy atom. The van der Waals surface area contributed by atoms with E-state index in [1.165, 1.54) is 56.7 Å². The van der Waals surface area contributed by atoms with Crippen molar-refractivity contribution in [1.82, 2.24) is 0 Å². The fourth-order valence-corrected chi connectivity index (χ4v) is 1.66. The van der Waals surface area contributed by atoms with Crippen molar-refractivity contribution in [2.45, 2.75) is 58.3 Å². The average molecular weight is 211 g/mol. The van der Waals surface area contributed by atoms with E-state index in [0.717, 1.165) is 6.42 Å². The summed E-state index contributed by atoms with van der Waals surface area (Å²) in [6.07, 6.45) is 12.7. The van der Waals surface area contributed by atoms with Gasteiger partial charge in [-0.1, -0.05) is 51.5 Å². The molecule has 0 aromatic rings. The molecule has 0 aliphatic carbocycles. The van der Waals surface area contributed by atoms with E-state index in [-0.39, 0.29) is 0 Å². The van der Waals surface area contributed by atoms with Gasteiger partial charge in [0.1, 0.15) is 5.40 Å². The van der Waals surface area contributed by atoms with Gasteiger partial charge in [-0.3, -0.25) is 0 Å². The summed E-state index contributed by atoms with van der Waals surface area (Å²) in [6, 6.07) is 0. The Kier molecular flexibility index (Phi) is 12.2. The first-order valence-corrected chi connectivity index (χ1v) is 6.49. The first kappa shape index (κ1) is 13.6. The summed E-state index contributed by atoms with van der Waals surface area (Å²) in [5.41, 5.74) is 0. The smallest absolute Gasteiger partial charge is 0.137 e. The number of allylic oxidation sites excluding steroid dienone is 1. The standard InChI is InChI=1S/C12H21NS/c1-2-3-4-5-6-7-8-9-10-11-14-12-13/h10-11H,2-9H2,1H3. The van der Waals surface area contributed by atoms with Crippen LogP contribution in [0.4, 0.5) is 0 Å². The Morgan fingerprint density at radius 2 is 1.71 bits per heavy atom. The number of thioether (sulfide) groups is 1. The van der Waals surface area contributed by atoms with E-state index in [9.17, 15) is 0 Å². The van der Waals surface area contributed by atoms with Crippen molar-refractivity contribution in [2.75, 3.05) is 0 Å². The van der Waals surface area contributed by atoms with Crippen molar-refractivity contribution in [1.29, 1.82) is 5.26 Å². The second-order valence-electron chi connectivity index (χ2n) is 3.49. The summed E-state index contributed by atoms with van der Waals surface area (Å²) in [5, 5.41) is 12.2. The number of hydrogen-bond acceptors (Lipinski definition) is 2. The van der Waals surface area contributed by atoms with Crippen LogP contribution in [0.3, 0.4) is 0 Å². The first-order valence-electron chi connectivity index (χ1n) is 5.61. The second-order valence-corrected chi connectivity index (χ2v) is 4.18. The minimum absolute atomic E-state index is 1.13. The van der Waals surface area contributed by atoms with Crippen LogP contribution >= 0.6 is 11.8 Å². The van der Waals surface area contributed by atoms with Gasteiger partial charge in [0.05, 0.1) is 0 Å². The molecule has 14 heavy (non-hydrogen) atoms. The molecule has 0 rings (SSSR count). The van der Waals surface area contributed by atoms with E-state index in [1.807, 2.05) is 10.8 Å². The summed E-state index contributed by atoms with van der Waals surface area (Å²) < 4.78 is 0. The highest BCUT2D eigenvalue weighted by Gasteiger charge is 1.88. The predicted molar refractivity (Wildman–Crippen MR) is 65.0 cm³/mol. The highest BCUT2D eigenvalue weighted by Crippen LogP contribution is 2.09. The highest BCUT2D eigenvalue weighted by molar-refractivity contribution is 8.06. The highest BCUT2D eigenvalue weighted by atomic mass is 32.2. The monoisotopic (exact) mass is 211 g/mol. The number of rotatable bonds is 9. The van der Waals surface area contributed by atoms with Gasteiger partial charge in [-0.2, -0.15) is 5.26 Å². The maximum atomic E-state index is 8.25. The molecule has 0 aromatic carbocycles. The molecular formula is C12H21NS. The van der Waals surface area contributed by atoms with Gasteiger partial charge in [0.2, 0.25) is 0 Å². The lowest BCUT2D eigenvalue weighted by atomic mass is 10.1. The van der Waals surface area contributed by atoms with Gasteiger partial charge in [0.25, 0.3) is 0 Å². The molecule has 0 radical (unpaired) electrons. The number of thiocyanates is 1. The summed E-state index contributed by atoms with van der Waals surface area (Å²) >= 11 is 1.21. The van der Waals surface area contributed by atoms with E-state index in [2.05, 4.69) is 13.0 Å². The Balaban J connectivity index is 2.96. The summed E-state index contributed by atoms with van der Waals surface area (Å²) in [7, 11) is 0.